The van der Waals surface area contributed by atoms with Crippen molar-refractivity contribution in [2.45, 2.75) is 12.5 Å². The van der Waals surface area contributed by atoms with E-state index in [1.807, 2.05) is 0 Å². The fourth-order valence-electron chi connectivity index (χ4n) is 1.31. The Morgan fingerprint density at radius 1 is 1.44 bits per heavy atom. The number of carbonyl (C=O) groups is 1. The minimum absolute atomic E-state index is 0.0503. The van der Waals surface area contributed by atoms with Crippen LogP contribution in [0.2, 0.25) is 0 Å². The molecule has 7 heteroatoms. The molecule has 0 radical (unpaired) electrons. The summed E-state index contributed by atoms with van der Waals surface area (Å²) in [5.74, 6) is -0.729. The summed E-state index contributed by atoms with van der Waals surface area (Å²) in [5, 5.41) is 27.9. The highest BCUT2D eigenvalue weighted by atomic mass is 79.9. The fourth-order valence-corrected chi connectivity index (χ4v) is 2.57. The monoisotopic (exact) mass is 379 g/mol. The Morgan fingerprint density at radius 2 is 2.11 bits per heavy atom. The highest BCUT2D eigenvalue weighted by Gasteiger charge is 2.14. The summed E-state index contributed by atoms with van der Waals surface area (Å²) in [5.41, 5.74) is 1.77. The number of benzene rings is 1. The lowest BCUT2D eigenvalue weighted by atomic mass is 10.1. The number of hydroxylamine groups is 1. The second-order valence-corrected chi connectivity index (χ2v) is 5.23. The number of hydrogen-bond donors (Lipinski definition) is 4. The minimum atomic E-state index is -0.957. The van der Waals surface area contributed by atoms with Gasteiger partial charge in [0.25, 0.3) is 5.91 Å². The highest BCUT2D eigenvalue weighted by Crippen LogP contribution is 2.36. The first kappa shape index (κ1) is 15.2. The van der Waals surface area contributed by atoms with Gasteiger partial charge < -0.3 is 10.2 Å². The van der Waals surface area contributed by atoms with Crippen LogP contribution in [0.5, 0.6) is 5.75 Å². The lowest BCUT2D eigenvalue weighted by Crippen LogP contribution is -2.15. The summed E-state index contributed by atoms with van der Waals surface area (Å²) in [4.78, 5) is 10.7. The summed E-state index contributed by atoms with van der Waals surface area (Å²) >= 11 is 6.41. The second kappa shape index (κ2) is 6.89. The first-order valence-electron chi connectivity index (χ1n) is 4.92. The van der Waals surface area contributed by atoms with E-state index in [0.29, 0.717) is 14.5 Å². The van der Waals surface area contributed by atoms with Gasteiger partial charge in [0.2, 0.25) is 0 Å². The van der Waals surface area contributed by atoms with Gasteiger partial charge in [-0.15, -0.1) is 0 Å². The Kier molecular flexibility index (Phi) is 5.80. The minimum Gasteiger partial charge on any atom is -0.506 e. The van der Waals surface area contributed by atoms with Crippen molar-refractivity contribution < 1.29 is 20.2 Å². The van der Waals surface area contributed by atoms with Crippen LogP contribution in [-0.2, 0) is 4.79 Å². The molecule has 0 aromatic heterocycles. The number of aromatic hydroxyl groups is 1. The average Bonchev–Trinajstić information content (AvgIpc) is 2.33. The van der Waals surface area contributed by atoms with E-state index >= 15 is 0 Å². The van der Waals surface area contributed by atoms with Crippen LogP contribution in [0.1, 0.15) is 18.1 Å². The molecule has 1 amide bonds. The number of aliphatic hydroxyl groups is 1. The van der Waals surface area contributed by atoms with Crippen molar-refractivity contribution in [1.29, 1.82) is 0 Å². The summed E-state index contributed by atoms with van der Waals surface area (Å²) in [6.07, 6.45) is 1.66. The molecule has 1 aromatic carbocycles. The quantitative estimate of drug-likeness (QED) is 0.367. The predicted octanol–water partition coefficient (Wildman–Crippen LogP) is 2.40. The van der Waals surface area contributed by atoms with E-state index < -0.39 is 12.0 Å². The summed E-state index contributed by atoms with van der Waals surface area (Å²) in [6.45, 7) is 0. The van der Waals surface area contributed by atoms with E-state index in [0.717, 1.165) is 6.08 Å². The average molecular weight is 381 g/mol. The number of aliphatic hydroxyl groups excluding tert-OH is 1. The number of hydrogen-bond acceptors (Lipinski definition) is 4. The first-order valence-corrected chi connectivity index (χ1v) is 6.51. The molecule has 4 N–H and O–H groups in total. The Morgan fingerprint density at radius 3 is 2.72 bits per heavy atom. The SMILES string of the molecule is O=C(/C=C/C[C@H](O)c1cc(Br)cc(Br)c1O)NO. The maximum absolute atomic E-state index is 10.7. The molecule has 0 aliphatic heterocycles. The third-order valence-electron chi connectivity index (χ3n) is 2.16. The standard InChI is InChI=1S/C11H11Br2NO4/c12-6-4-7(11(17)8(13)5-6)9(15)2-1-3-10(16)14-18/h1,3-5,9,15,17-18H,2H2,(H,14,16)/b3-1+/t9-/m0/s1. The zero-order valence-corrected chi connectivity index (χ0v) is 12.3. The van der Waals surface area contributed by atoms with Crippen molar-refractivity contribution in [3.05, 3.63) is 38.8 Å². The van der Waals surface area contributed by atoms with Crippen molar-refractivity contribution in [1.82, 2.24) is 5.48 Å². The maximum atomic E-state index is 10.7. The third-order valence-corrected chi connectivity index (χ3v) is 3.22. The van der Waals surface area contributed by atoms with Crippen molar-refractivity contribution in [2.75, 3.05) is 0 Å². The molecule has 0 unspecified atom stereocenters. The lowest BCUT2D eigenvalue weighted by Gasteiger charge is -2.12. The molecule has 0 aliphatic rings. The van der Waals surface area contributed by atoms with Crippen LogP contribution < -0.4 is 5.48 Å². The zero-order valence-electron chi connectivity index (χ0n) is 9.10. The van der Waals surface area contributed by atoms with E-state index in [1.54, 1.807) is 12.1 Å². The van der Waals surface area contributed by atoms with Crippen LogP contribution in [0.15, 0.2) is 33.2 Å². The topological polar surface area (TPSA) is 89.8 Å². The summed E-state index contributed by atoms with van der Waals surface area (Å²) in [7, 11) is 0. The van der Waals surface area contributed by atoms with Crippen LogP contribution in [-0.4, -0.2) is 21.3 Å². The second-order valence-electron chi connectivity index (χ2n) is 3.46. The first-order chi connectivity index (χ1) is 8.45. The molecule has 0 spiro atoms. The van der Waals surface area contributed by atoms with Gasteiger partial charge in [-0.25, -0.2) is 5.48 Å². The lowest BCUT2D eigenvalue weighted by molar-refractivity contribution is -0.124. The Labute approximate surface area is 120 Å². The van der Waals surface area contributed by atoms with Crippen LogP contribution in [0.3, 0.4) is 0 Å². The molecule has 1 aromatic rings. The van der Waals surface area contributed by atoms with Gasteiger partial charge in [0.15, 0.2) is 0 Å². The fraction of sp³-hybridized carbons (Fsp3) is 0.182. The van der Waals surface area contributed by atoms with Crippen LogP contribution >= 0.6 is 31.9 Å². The Balaban J connectivity index is 2.81. The molecular formula is C11H11Br2NO4. The molecule has 1 atom stereocenters. The molecule has 0 aliphatic carbocycles. The van der Waals surface area contributed by atoms with Gasteiger partial charge in [0.05, 0.1) is 10.6 Å². The maximum Gasteiger partial charge on any atom is 0.267 e. The molecule has 5 nitrogen and oxygen atoms in total. The number of rotatable bonds is 4. The number of phenolic OH excluding ortho intramolecular Hbond substituents is 1. The summed E-state index contributed by atoms with van der Waals surface area (Å²) < 4.78 is 1.17. The normalized spacial score (nSPS) is 12.7. The zero-order chi connectivity index (χ0) is 13.7. The number of amides is 1. The molecule has 98 valence electrons. The molecule has 1 rings (SSSR count). The third kappa shape index (κ3) is 4.09. The molecule has 18 heavy (non-hydrogen) atoms. The van der Waals surface area contributed by atoms with Gasteiger partial charge in [0.1, 0.15) is 5.75 Å². The Hall–Kier alpha value is -0.890. The van der Waals surface area contributed by atoms with Crippen molar-refractivity contribution in [3.8, 4) is 5.75 Å². The van der Waals surface area contributed by atoms with Gasteiger partial charge in [-0.2, -0.15) is 0 Å². The van der Waals surface area contributed by atoms with Gasteiger partial charge in [0, 0.05) is 16.1 Å². The van der Waals surface area contributed by atoms with Gasteiger partial charge >= 0.3 is 0 Å². The molecule has 0 heterocycles. The van der Waals surface area contributed by atoms with Gasteiger partial charge in [-0.05, 0) is 34.5 Å². The van der Waals surface area contributed by atoms with Crippen LogP contribution in [0.4, 0.5) is 0 Å². The predicted molar refractivity (Wildman–Crippen MR) is 72.2 cm³/mol. The molecule has 0 fully saturated rings. The van der Waals surface area contributed by atoms with E-state index in [-0.39, 0.29) is 12.2 Å². The van der Waals surface area contributed by atoms with Crippen LogP contribution in [0.25, 0.3) is 0 Å². The largest absolute Gasteiger partial charge is 0.506 e. The molecular weight excluding hydrogens is 370 g/mol. The molecule has 0 saturated heterocycles. The number of halogens is 2. The number of phenols is 1. The van der Waals surface area contributed by atoms with Crippen molar-refractivity contribution in [2.24, 2.45) is 0 Å². The van der Waals surface area contributed by atoms with Gasteiger partial charge in [-0.3, -0.25) is 10.0 Å². The smallest absolute Gasteiger partial charge is 0.267 e. The van der Waals surface area contributed by atoms with E-state index in [9.17, 15) is 15.0 Å². The number of nitrogens with one attached hydrogen (secondary N) is 1. The molecule has 0 bridgehead atoms. The highest BCUT2D eigenvalue weighted by molar-refractivity contribution is 9.11. The van der Waals surface area contributed by atoms with Crippen LogP contribution in [0, 0.1) is 0 Å². The molecule has 0 saturated carbocycles. The summed E-state index contributed by atoms with van der Waals surface area (Å²) in [6, 6.07) is 3.24. The number of carbonyl (C=O) groups excluding carboxylic acids is 1. The van der Waals surface area contributed by atoms with E-state index in [2.05, 4.69) is 31.9 Å². The van der Waals surface area contributed by atoms with Gasteiger partial charge in [-0.1, -0.05) is 22.0 Å². The van der Waals surface area contributed by atoms with Crippen molar-refractivity contribution in [3.63, 3.8) is 0 Å². The van der Waals surface area contributed by atoms with Crippen molar-refractivity contribution >= 4 is 37.8 Å². The van der Waals surface area contributed by atoms with E-state index in [1.165, 1.54) is 11.6 Å². The van der Waals surface area contributed by atoms with E-state index in [4.69, 9.17) is 5.21 Å². The Bertz CT molecular complexity index is 476.